The molecule has 0 atom stereocenters. The van der Waals surface area contributed by atoms with Gasteiger partial charge in [0.15, 0.2) is 0 Å². The Kier molecular flexibility index (Phi) is 8.30. The average molecular weight is 443 g/mol. The Morgan fingerprint density at radius 1 is 0.969 bits per heavy atom. The summed E-state index contributed by atoms with van der Waals surface area (Å²) in [4.78, 5) is 38.3. The van der Waals surface area contributed by atoms with Crippen LogP contribution in [0.4, 0.5) is 8.78 Å². The maximum Gasteiger partial charge on any atom is 0.254 e. The molecule has 3 rings (SSSR count). The van der Waals surface area contributed by atoms with Crippen LogP contribution in [0.15, 0.2) is 48.5 Å². The summed E-state index contributed by atoms with van der Waals surface area (Å²) in [6.07, 6.45) is 2.56. The number of hydrogen-bond donors (Lipinski definition) is 2. The fraction of sp³-hybridized carbons (Fsp3) is 0.375. The van der Waals surface area contributed by atoms with E-state index in [0.717, 1.165) is 17.7 Å². The molecule has 0 unspecified atom stereocenters. The Balaban J connectivity index is 1.33. The minimum absolute atomic E-state index is 0.00867. The fourth-order valence-corrected chi connectivity index (χ4v) is 3.69. The molecule has 8 heteroatoms. The standard InChI is InChI=1S/C24H27F2N3O3/c25-18-7-8-20(21(26)16-18)24(32)27-13-10-23(31)29-14-11-19(12-15-29)28-22(30)9-6-17-4-2-1-3-5-17/h1-5,7-8,16,19H,6,9-15H2,(H,27,32)(H,28,30). The third-order valence-corrected chi connectivity index (χ3v) is 5.50. The number of nitrogens with one attached hydrogen (secondary N) is 2. The lowest BCUT2D eigenvalue weighted by molar-refractivity contribution is -0.132. The van der Waals surface area contributed by atoms with Gasteiger partial charge in [-0.1, -0.05) is 30.3 Å². The zero-order chi connectivity index (χ0) is 22.9. The van der Waals surface area contributed by atoms with Crippen molar-refractivity contribution in [3.05, 3.63) is 71.3 Å². The van der Waals surface area contributed by atoms with Crippen molar-refractivity contribution < 1.29 is 23.2 Å². The van der Waals surface area contributed by atoms with Crippen LogP contribution in [0.5, 0.6) is 0 Å². The Morgan fingerprint density at radius 2 is 1.69 bits per heavy atom. The van der Waals surface area contributed by atoms with E-state index in [4.69, 9.17) is 0 Å². The predicted octanol–water partition coefficient (Wildman–Crippen LogP) is 2.82. The summed E-state index contributed by atoms with van der Waals surface area (Å²) in [5.41, 5.74) is 0.861. The highest BCUT2D eigenvalue weighted by Gasteiger charge is 2.23. The Labute approximate surface area is 186 Å². The third-order valence-electron chi connectivity index (χ3n) is 5.50. The number of benzene rings is 2. The van der Waals surface area contributed by atoms with Gasteiger partial charge in [0.1, 0.15) is 11.6 Å². The van der Waals surface area contributed by atoms with Gasteiger partial charge in [0.05, 0.1) is 5.56 Å². The lowest BCUT2D eigenvalue weighted by Crippen LogP contribution is -2.47. The molecule has 1 fully saturated rings. The zero-order valence-electron chi connectivity index (χ0n) is 17.8. The molecule has 170 valence electrons. The van der Waals surface area contributed by atoms with Crippen molar-refractivity contribution in [1.82, 2.24) is 15.5 Å². The number of rotatable bonds is 8. The minimum atomic E-state index is -0.943. The van der Waals surface area contributed by atoms with Crippen LogP contribution >= 0.6 is 0 Å². The molecule has 0 saturated carbocycles. The Hall–Kier alpha value is -3.29. The highest BCUT2D eigenvalue weighted by Crippen LogP contribution is 2.13. The van der Waals surface area contributed by atoms with E-state index < -0.39 is 17.5 Å². The molecule has 1 heterocycles. The van der Waals surface area contributed by atoms with E-state index >= 15 is 0 Å². The van der Waals surface area contributed by atoms with Crippen molar-refractivity contribution in [3.8, 4) is 0 Å². The highest BCUT2D eigenvalue weighted by atomic mass is 19.1. The molecule has 0 spiro atoms. The van der Waals surface area contributed by atoms with Crippen molar-refractivity contribution in [1.29, 1.82) is 0 Å². The molecule has 1 aliphatic heterocycles. The van der Waals surface area contributed by atoms with E-state index in [1.165, 1.54) is 0 Å². The van der Waals surface area contributed by atoms with Gasteiger partial charge in [-0.25, -0.2) is 8.78 Å². The molecule has 1 saturated heterocycles. The first kappa shape index (κ1) is 23.4. The molecule has 6 nitrogen and oxygen atoms in total. The number of piperidine rings is 1. The first-order valence-corrected chi connectivity index (χ1v) is 10.8. The van der Waals surface area contributed by atoms with Crippen molar-refractivity contribution in [3.63, 3.8) is 0 Å². The molecule has 32 heavy (non-hydrogen) atoms. The summed E-state index contributed by atoms with van der Waals surface area (Å²) in [6, 6.07) is 12.6. The van der Waals surface area contributed by atoms with Crippen LogP contribution in [0.3, 0.4) is 0 Å². The summed E-state index contributed by atoms with van der Waals surface area (Å²) < 4.78 is 26.6. The van der Waals surface area contributed by atoms with Crippen molar-refractivity contribution >= 4 is 17.7 Å². The summed E-state index contributed by atoms with van der Waals surface area (Å²) in [5, 5.41) is 5.52. The van der Waals surface area contributed by atoms with Crippen LogP contribution in [0.25, 0.3) is 0 Å². The fourth-order valence-electron chi connectivity index (χ4n) is 3.69. The SMILES string of the molecule is O=C(CCc1ccccc1)NC1CCN(C(=O)CCNC(=O)c2ccc(F)cc2F)CC1. The van der Waals surface area contributed by atoms with Gasteiger partial charge in [0, 0.05) is 44.6 Å². The maximum absolute atomic E-state index is 13.6. The normalized spacial score (nSPS) is 14.1. The second-order valence-corrected chi connectivity index (χ2v) is 7.84. The van der Waals surface area contributed by atoms with Crippen molar-refractivity contribution in [2.45, 2.75) is 38.1 Å². The highest BCUT2D eigenvalue weighted by molar-refractivity contribution is 5.94. The van der Waals surface area contributed by atoms with Gasteiger partial charge in [-0.2, -0.15) is 0 Å². The Bertz CT molecular complexity index is 945. The van der Waals surface area contributed by atoms with E-state index in [1.807, 2.05) is 30.3 Å². The summed E-state index contributed by atoms with van der Waals surface area (Å²) in [6.45, 7) is 1.12. The predicted molar refractivity (Wildman–Crippen MR) is 116 cm³/mol. The van der Waals surface area contributed by atoms with Crippen LogP contribution in [-0.4, -0.2) is 48.3 Å². The molecule has 0 radical (unpaired) electrons. The molecule has 2 N–H and O–H groups in total. The average Bonchev–Trinajstić information content (AvgIpc) is 2.78. The quantitative estimate of drug-likeness (QED) is 0.659. The largest absolute Gasteiger partial charge is 0.353 e. The van der Waals surface area contributed by atoms with Crippen LogP contribution in [0, 0.1) is 11.6 Å². The van der Waals surface area contributed by atoms with E-state index in [2.05, 4.69) is 10.6 Å². The number of amides is 3. The number of carbonyl (C=O) groups excluding carboxylic acids is 3. The summed E-state index contributed by atoms with van der Waals surface area (Å²) in [7, 11) is 0. The lowest BCUT2D eigenvalue weighted by atomic mass is 10.0. The number of hydrogen-bond acceptors (Lipinski definition) is 3. The molecule has 1 aliphatic rings. The summed E-state index contributed by atoms with van der Waals surface area (Å²) >= 11 is 0. The smallest absolute Gasteiger partial charge is 0.254 e. The van der Waals surface area contributed by atoms with E-state index in [9.17, 15) is 23.2 Å². The second kappa shape index (κ2) is 11.4. The van der Waals surface area contributed by atoms with Crippen LogP contribution in [0.1, 0.15) is 41.6 Å². The molecular weight excluding hydrogens is 416 g/mol. The number of likely N-dealkylation sites (tertiary alicyclic amines) is 1. The number of carbonyl (C=O) groups is 3. The van der Waals surface area contributed by atoms with Crippen LogP contribution in [-0.2, 0) is 16.0 Å². The van der Waals surface area contributed by atoms with Gasteiger partial charge in [-0.3, -0.25) is 14.4 Å². The Morgan fingerprint density at radius 3 is 2.38 bits per heavy atom. The van der Waals surface area contributed by atoms with Crippen LogP contribution < -0.4 is 10.6 Å². The summed E-state index contributed by atoms with van der Waals surface area (Å²) in [5.74, 6) is -2.49. The number of aryl methyl sites for hydroxylation is 1. The monoisotopic (exact) mass is 443 g/mol. The van der Waals surface area contributed by atoms with Gasteiger partial charge in [-0.15, -0.1) is 0 Å². The molecule has 0 aromatic heterocycles. The van der Waals surface area contributed by atoms with Crippen molar-refractivity contribution in [2.75, 3.05) is 19.6 Å². The van der Waals surface area contributed by atoms with E-state index in [-0.39, 0.29) is 36.4 Å². The minimum Gasteiger partial charge on any atom is -0.353 e. The number of nitrogens with zero attached hydrogens (tertiary/aromatic N) is 1. The molecule has 3 amide bonds. The molecular formula is C24H27F2N3O3. The molecule has 2 aromatic rings. The van der Waals surface area contributed by atoms with Gasteiger partial charge in [0.25, 0.3) is 5.91 Å². The lowest BCUT2D eigenvalue weighted by Gasteiger charge is -2.32. The second-order valence-electron chi connectivity index (χ2n) is 7.84. The first-order valence-electron chi connectivity index (χ1n) is 10.8. The number of halogens is 2. The van der Waals surface area contributed by atoms with Gasteiger partial charge in [-0.05, 0) is 37.0 Å². The zero-order valence-corrected chi connectivity index (χ0v) is 17.8. The van der Waals surface area contributed by atoms with Crippen molar-refractivity contribution in [2.24, 2.45) is 0 Å². The first-order chi connectivity index (χ1) is 15.4. The molecule has 0 aliphatic carbocycles. The van der Waals surface area contributed by atoms with E-state index in [1.54, 1.807) is 4.90 Å². The van der Waals surface area contributed by atoms with Crippen LogP contribution in [0.2, 0.25) is 0 Å². The van der Waals surface area contributed by atoms with Gasteiger partial charge >= 0.3 is 0 Å². The molecule has 0 bridgehead atoms. The van der Waals surface area contributed by atoms with Gasteiger partial charge in [0.2, 0.25) is 11.8 Å². The topological polar surface area (TPSA) is 78.5 Å². The maximum atomic E-state index is 13.6. The van der Waals surface area contributed by atoms with Gasteiger partial charge < -0.3 is 15.5 Å². The third kappa shape index (κ3) is 6.87. The molecule has 2 aromatic carbocycles. The van der Waals surface area contributed by atoms with E-state index in [0.29, 0.717) is 44.8 Å².